The summed E-state index contributed by atoms with van der Waals surface area (Å²) in [6, 6.07) is 16.3. The van der Waals surface area contributed by atoms with Crippen LogP contribution in [-0.2, 0) is 29.1 Å². The minimum absolute atomic E-state index is 0.0228. The zero-order chi connectivity index (χ0) is 24.9. The lowest BCUT2D eigenvalue weighted by molar-refractivity contribution is -0.129. The molecule has 0 aromatic heterocycles. The van der Waals surface area contributed by atoms with E-state index >= 15 is 0 Å². The van der Waals surface area contributed by atoms with Crippen LogP contribution in [-0.4, -0.2) is 29.6 Å². The summed E-state index contributed by atoms with van der Waals surface area (Å²) in [5, 5.41) is 23.1. The fourth-order valence-corrected chi connectivity index (χ4v) is 4.65. The highest BCUT2D eigenvalue weighted by Gasteiger charge is 2.22. The third kappa shape index (κ3) is 5.51. The van der Waals surface area contributed by atoms with Crippen LogP contribution in [0.1, 0.15) is 45.0 Å². The lowest BCUT2D eigenvalue weighted by atomic mass is 9.94. The molecule has 6 nitrogen and oxygen atoms in total. The van der Waals surface area contributed by atoms with Gasteiger partial charge in [0.05, 0.1) is 11.7 Å². The number of halogens is 1. The molecule has 7 heteroatoms. The lowest BCUT2D eigenvalue weighted by Crippen LogP contribution is -2.34. The summed E-state index contributed by atoms with van der Waals surface area (Å²) in [7, 11) is 0. The molecule has 0 amide bonds. The summed E-state index contributed by atoms with van der Waals surface area (Å²) in [6.07, 6.45) is 0.185. The molecule has 3 aromatic rings. The number of rotatable bonds is 8. The van der Waals surface area contributed by atoms with Crippen LogP contribution in [0, 0.1) is 31.0 Å². The number of nitrogens with zero attached hydrogens (tertiary/aromatic N) is 2. The molecule has 35 heavy (non-hydrogen) atoms. The summed E-state index contributed by atoms with van der Waals surface area (Å²) < 4.78 is 18.9. The van der Waals surface area contributed by atoms with Crippen molar-refractivity contribution in [3.05, 3.63) is 93.3 Å². The van der Waals surface area contributed by atoms with Crippen LogP contribution in [0.25, 0.3) is 0 Å². The van der Waals surface area contributed by atoms with Crippen LogP contribution < -0.4 is 5.32 Å². The number of β-amino-alcohol motifs (C(OH)–C–C–N with tert-alkyl or cyclic N) is 1. The van der Waals surface area contributed by atoms with Crippen molar-refractivity contribution in [2.45, 2.75) is 39.5 Å². The average Bonchev–Trinajstić information content (AvgIpc) is 2.84. The number of aryl methyl sites for hydroxylation is 1. The van der Waals surface area contributed by atoms with Crippen molar-refractivity contribution >= 4 is 17.8 Å². The number of nitriles is 1. The zero-order valence-corrected chi connectivity index (χ0v) is 19.8. The maximum Gasteiger partial charge on any atom is 0.293 e. The number of benzene rings is 3. The number of aliphatic hydroxyl groups excluding tert-OH is 1. The van der Waals surface area contributed by atoms with Crippen LogP contribution in [0.5, 0.6) is 0 Å². The quantitative estimate of drug-likeness (QED) is 0.456. The van der Waals surface area contributed by atoms with Gasteiger partial charge in [0.2, 0.25) is 0 Å². The van der Waals surface area contributed by atoms with Crippen molar-refractivity contribution in [2.75, 3.05) is 18.4 Å². The molecule has 0 aliphatic carbocycles. The third-order valence-corrected chi connectivity index (χ3v) is 6.64. The smallest absolute Gasteiger partial charge is 0.293 e. The molecule has 1 unspecified atom stereocenters. The molecule has 1 aliphatic heterocycles. The van der Waals surface area contributed by atoms with Gasteiger partial charge in [-0.15, -0.1) is 0 Å². The predicted octanol–water partition coefficient (Wildman–Crippen LogP) is 4.82. The first-order chi connectivity index (χ1) is 16.9. The van der Waals surface area contributed by atoms with Crippen LogP contribution >= 0.6 is 0 Å². The van der Waals surface area contributed by atoms with E-state index < -0.39 is 11.9 Å². The van der Waals surface area contributed by atoms with Crippen LogP contribution in [0.2, 0.25) is 0 Å². The minimum Gasteiger partial charge on any atom is -0.463 e. The first-order valence-electron chi connectivity index (χ1n) is 11.5. The molecule has 0 saturated heterocycles. The van der Waals surface area contributed by atoms with E-state index in [-0.39, 0.29) is 12.2 Å². The molecule has 4 rings (SSSR count). The first-order valence-corrected chi connectivity index (χ1v) is 11.5. The Morgan fingerprint density at radius 3 is 2.69 bits per heavy atom. The molecular weight excluding hydrogens is 445 g/mol. The largest absolute Gasteiger partial charge is 0.463 e. The average molecular weight is 474 g/mol. The van der Waals surface area contributed by atoms with Crippen molar-refractivity contribution in [3.63, 3.8) is 0 Å². The molecule has 180 valence electrons. The number of carbonyl (C=O) groups is 1. The number of anilines is 2. The van der Waals surface area contributed by atoms with E-state index in [4.69, 9.17) is 10.00 Å². The van der Waals surface area contributed by atoms with E-state index in [1.807, 2.05) is 38.1 Å². The molecule has 2 N–H and O–H groups in total. The molecule has 3 aromatic carbocycles. The fraction of sp³-hybridized carbons (Fsp3) is 0.286. The Morgan fingerprint density at radius 2 is 1.94 bits per heavy atom. The maximum atomic E-state index is 13.9. The van der Waals surface area contributed by atoms with Crippen molar-refractivity contribution in [2.24, 2.45) is 0 Å². The van der Waals surface area contributed by atoms with Gasteiger partial charge in [0.1, 0.15) is 18.5 Å². The summed E-state index contributed by atoms with van der Waals surface area (Å²) >= 11 is 0. The Balaban J connectivity index is 1.42. The monoisotopic (exact) mass is 473 g/mol. The van der Waals surface area contributed by atoms with Crippen molar-refractivity contribution in [1.29, 1.82) is 5.26 Å². The Hall–Kier alpha value is -3.73. The van der Waals surface area contributed by atoms with E-state index in [1.165, 1.54) is 23.3 Å². The maximum absolute atomic E-state index is 13.9. The van der Waals surface area contributed by atoms with Gasteiger partial charge in [-0.2, -0.15) is 5.26 Å². The highest BCUT2D eigenvalue weighted by atomic mass is 19.1. The topological polar surface area (TPSA) is 85.6 Å². The lowest BCUT2D eigenvalue weighted by Gasteiger charge is -2.31. The third-order valence-electron chi connectivity index (χ3n) is 6.64. The second-order valence-corrected chi connectivity index (χ2v) is 8.90. The molecule has 1 atom stereocenters. The van der Waals surface area contributed by atoms with E-state index in [2.05, 4.69) is 22.3 Å². The zero-order valence-electron chi connectivity index (χ0n) is 19.8. The summed E-state index contributed by atoms with van der Waals surface area (Å²) in [6.45, 7) is 6.60. The molecule has 1 aliphatic rings. The Labute approximate surface area is 204 Å². The normalized spacial score (nSPS) is 14.0. The van der Waals surface area contributed by atoms with Gasteiger partial charge < -0.3 is 15.2 Å². The van der Waals surface area contributed by atoms with Crippen LogP contribution in [0.3, 0.4) is 0 Å². The highest BCUT2D eigenvalue weighted by molar-refractivity contribution is 5.62. The Morgan fingerprint density at radius 1 is 1.17 bits per heavy atom. The van der Waals surface area contributed by atoms with Gasteiger partial charge in [-0.1, -0.05) is 18.2 Å². The van der Waals surface area contributed by atoms with Gasteiger partial charge in [-0.05, 0) is 84.0 Å². The molecule has 0 bridgehead atoms. The van der Waals surface area contributed by atoms with Gasteiger partial charge in [0, 0.05) is 31.0 Å². The number of hydrogen-bond acceptors (Lipinski definition) is 6. The van der Waals surface area contributed by atoms with Gasteiger partial charge >= 0.3 is 0 Å². The van der Waals surface area contributed by atoms with Crippen LogP contribution in [0.4, 0.5) is 15.8 Å². The molecule has 1 heterocycles. The summed E-state index contributed by atoms with van der Waals surface area (Å²) in [5.74, 6) is -0.545. The summed E-state index contributed by atoms with van der Waals surface area (Å²) in [4.78, 5) is 12.9. The molecule has 0 radical (unpaired) electrons. The molecule has 0 saturated carbocycles. The van der Waals surface area contributed by atoms with Gasteiger partial charge in [-0.25, -0.2) is 4.39 Å². The van der Waals surface area contributed by atoms with Crippen molar-refractivity contribution in [1.82, 2.24) is 4.90 Å². The molecule has 0 fully saturated rings. The highest BCUT2D eigenvalue weighted by Crippen LogP contribution is 2.29. The minimum atomic E-state index is -0.653. The second-order valence-electron chi connectivity index (χ2n) is 8.90. The number of aliphatic hydroxyl groups is 1. The van der Waals surface area contributed by atoms with Crippen LogP contribution in [0.15, 0.2) is 48.5 Å². The Bertz CT molecular complexity index is 1290. The van der Waals surface area contributed by atoms with E-state index in [0.29, 0.717) is 18.7 Å². The summed E-state index contributed by atoms with van der Waals surface area (Å²) in [5.41, 5.74) is 7.65. The van der Waals surface area contributed by atoms with Gasteiger partial charge in [0.15, 0.2) is 0 Å². The van der Waals surface area contributed by atoms with Gasteiger partial charge in [-0.3, -0.25) is 9.69 Å². The number of carbonyl (C=O) groups excluding carboxylic acids is 1. The Kier molecular flexibility index (Phi) is 7.45. The number of hydrogen-bond donors (Lipinski definition) is 2. The molecule has 0 spiro atoms. The fourth-order valence-electron chi connectivity index (χ4n) is 4.65. The number of ether oxygens (including phenoxy) is 1. The first kappa shape index (κ1) is 24.4. The van der Waals surface area contributed by atoms with E-state index in [0.717, 1.165) is 47.5 Å². The van der Waals surface area contributed by atoms with Crippen molar-refractivity contribution < 1.29 is 19.0 Å². The predicted molar refractivity (Wildman–Crippen MR) is 132 cm³/mol. The van der Waals surface area contributed by atoms with E-state index in [9.17, 15) is 14.3 Å². The van der Waals surface area contributed by atoms with Gasteiger partial charge in [0.25, 0.3) is 6.47 Å². The van der Waals surface area contributed by atoms with E-state index in [1.54, 1.807) is 6.07 Å². The standard InChI is InChI=1S/C28H28FN3O3/c1-18-3-8-25(19(2)26(18)16-35-17-33)28(34)15-32-10-9-20-11-23(7-5-22(20)14-32)31-24-6-4-21(13-30)27(29)12-24/h3-8,11-12,17,28,31,34H,9-10,14-16H2,1-2H3. The number of fused-ring (bicyclic) bond motifs is 1. The number of nitrogens with one attached hydrogen (secondary N) is 1. The van der Waals surface area contributed by atoms with Crippen molar-refractivity contribution in [3.8, 4) is 6.07 Å². The SMILES string of the molecule is Cc1ccc(C(O)CN2CCc3cc(Nc4ccc(C#N)c(F)c4)ccc3C2)c(C)c1COC=O. The molecular formula is C28H28FN3O3. The second kappa shape index (κ2) is 10.7.